The zero-order valence-corrected chi connectivity index (χ0v) is 11.4. The van der Waals surface area contributed by atoms with Crippen molar-refractivity contribution in [3.05, 3.63) is 28.5 Å². The van der Waals surface area contributed by atoms with Crippen LogP contribution in [0.1, 0.15) is 24.2 Å². The Kier molecular flexibility index (Phi) is 3.87. The van der Waals surface area contributed by atoms with Gasteiger partial charge in [-0.3, -0.25) is 4.79 Å². The van der Waals surface area contributed by atoms with E-state index in [-0.39, 0.29) is 5.91 Å². The molecular weight excluding hydrogens is 288 g/mol. The zero-order chi connectivity index (χ0) is 13.2. The summed E-state index contributed by atoms with van der Waals surface area (Å²) in [4.78, 5) is 28.2. The van der Waals surface area contributed by atoms with E-state index in [1.165, 1.54) is 32.0 Å². The summed E-state index contributed by atoms with van der Waals surface area (Å²) >= 11 is 3.16. The van der Waals surface area contributed by atoms with Crippen LogP contribution < -0.4 is 0 Å². The van der Waals surface area contributed by atoms with Crippen molar-refractivity contribution in [1.82, 2.24) is 9.88 Å². The summed E-state index contributed by atoms with van der Waals surface area (Å²) in [6.07, 6.45) is 1.40. The van der Waals surface area contributed by atoms with Crippen LogP contribution in [0.25, 0.3) is 0 Å². The number of amides is 1. The first kappa shape index (κ1) is 13.6. The van der Waals surface area contributed by atoms with Gasteiger partial charge in [0.15, 0.2) is 0 Å². The normalized spacial score (nSPS) is 11.1. The van der Waals surface area contributed by atoms with Gasteiger partial charge in [0.05, 0.1) is 5.56 Å². The number of likely N-dealkylation sites (N-methyl/N-ethyl adjacent to an activating group) is 1. The highest BCUT2D eigenvalue weighted by atomic mass is 79.9. The van der Waals surface area contributed by atoms with Crippen molar-refractivity contribution in [1.29, 1.82) is 0 Å². The molecule has 0 bridgehead atoms. The van der Waals surface area contributed by atoms with Crippen molar-refractivity contribution in [3.63, 3.8) is 0 Å². The molecule has 1 aromatic rings. The Bertz CT molecular complexity index is 443. The molecule has 0 unspecified atom stereocenters. The molecule has 1 amide bonds. The summed E-state index contributed by atoms with van der Waals surface area (Å²) in [6.45, 7) is 2.94. The van der Waals surface area contributed by atoms with Gasteiger partial charge in [0.1, 0.15) is 10.1 Å². The Labute approximate surface area is 108 Å². The average molecular weight is 301 g/mol. The van der Waals surface area contributed by atoms with Gasteiger partial charge in [-0.25, -0.2) is 9.78 Å². The lowest BCUT2D eigenvalue weighted by molar-refractivity contribution is -0.147. The number of halogens is 1. The van der Waals surface area contributed by atoms with Gasteiger partial charge in [-0.1, -0.05) is 0 Å². The molecule has 0 spiro atoms. The number of rotatable bonds is 3. The van der Waals surface area contributed by atoms with E-state index in [0.29, 0.717) is 10.2 Å². The highest BCUT2D eigenvalue weighted by Crippen LogP contribution is 2.16. The first-order chi connectivity index (χ1) is 7.76. The van der Waals surface area contributed by atoms with E-state index in [9.17, 15) is 9.59 Å². The molecule has 1 N–H and O–H groups in total. The van der Waals surface area contributed by atoms with E-state index >= 15 is 0 Å². The molecule has 0 saturated carbocycles. The van der Waals surface area contributed by atoms with Crippen LogP contribution in [0.5, 0.6) is 0 Å². The predicted octanol–water partition coefficient (Wildman–Crippen LogP) is 1.78. The minimum Gasteiger partial charge on any atom is -0.480 e. The Hall–Kier alpha value is -1.43. The molecule has 1 rings (SSSR count). The number of carbonyl (C=O) groups is 2. The van der Waals surface area contributed by atoms with E-state index in [1.807, 2.05) is 0 Å². The van der Waals surface area contributed by atoms with Crippen molar-refractivity contribution < 1.29 is 14.7 Å². The number of carboxylic acids is 1. The summed E-state index contributed by atoms with van der Waals surface area (Å²) in [7, 11) is 1.46. The van der Waals surface area contributed by atoms with Gasteiger partial charge >= 0.3 is 5.97 Å². The van der Waals surface area contributed by atoms with E-state index in [1.54, 1.807) is 12.1 Å². The van der Waals surface area contributed by atoms with Gasteiger partial charge in [-0.15, -0.1) is 0 Å². The number of hydrogen-bond acceptors (Lipinski definition) is 3. The van der Waals surface area contributed by atoms with Crippen LogP contribution in [0.4, 0.5) is 0 Å². The molecule has 0 saturated heterocycles. The Morgan fingerprint density at radius 2 is 2.00 bits per heavy atom. The molecule has 0 radical (unpaired) electrons. The molecular formula is C11H13BrN2O3. The number of carboxylic acid groups (broad SMARTS) is 1. The van der Waals surface area contributed by atoms with E-state index in [4.69, 9.17) is 5.11 Å². The van der Waals surface area contributed by atoms with Crippen molar-refractivity contribution in [3.8, 4) is 0 Å². The summed E-state index contributed by atoms with van der Waals surface area (Å²) < 4.78 is 0.620. The topological polar surface area (TPSA) is 70.5 Å². The number of pyridine rings is 1. The maximum absolute atomic E-state index is 12.0. The molecule has 1 aromatic heterocycles. The molecule has 0 aliphatic rings. The Morgan fingerprint density at radius 3 is 2.41 bits per heavy atom. The van der Waals surface area contributed by atoms with Gasteiger partial charge < -0.3 is 10.0 Å². The molecule has 0 aliphatic heterocycles. The van der Waals surface area contributed by atoms with Crippen LogP contribution in [0.3, 0.4) is 0 Å². The molecule has 6 heteroatoms. The summed E-state index contributed by atoms with van der Waals surface area (Å²) in [6, 6.07) is 3.22. The monoisotopic (exact) mass is 300 g/mol. The fourth-order valence-corrected chi connectivity index (χ4v) is 1.33. The van der Waals surface area contributed by atoms with E-state index in [2.05, 4.69) is 20.9 Å². The molecule has 17 heavy (non-hydrogen) atoms. The zero-order valence-electron chi connectivity index (χ0n) is 9.77. The van der Waals surface area contributed by atoms with Gasteiger partial charge in [0, 0.05) is 13.2 Å². The SMILES string of the molecule is CN(C(=O)c1ccc(Br)nc1)C(C)(C)C(=O)O. The fourth-order valence-electron chi connectivity index (χ4n) is 1.09. The number of carbonyl (C=O) groups excluding carboxylic acids is 1. The van der Waals surface area contributed by atoms with Crippen LogP contribution in [0, 0.1) is 0 Å². The van der Waals surface area contributed by atoms with Gasteiger partial charge in [0.2, 0.25) is 0 Å². The Morgan fingerprint density at radius 1 is 1.41 bits per heavy atom. The largest absolute Gasteiger partial charge is 0.480 e. The van der Waals surface area contributed by atoms with Crippen molar-refractivity contribution in [2.45, 2.75) is 19.4 Å². The van der Waals surface area contributed by atoms with Gasteiger partial charge in [0.25, 0.3) is 5.91 Å². The van der Waals surface area contributed by atoms with Crippen LogP contribution in [0.2, 0.25) is 0 Å². The predicted molar refractivity (Wildman–Crippen MR) is 65.7 cm³/mol. The highest BCUT2D eigenvalue weighted by molar-refractivity contribution is 9.10. The Balaban J connectivity index is 2.98. The molecule has 0 atom stereocenters. The second-order valence-corrected chi connectivity index (χ2v) is 4.91. The summed E-state index contributed by atoms with van der Waals surface area (Å²) in [5.41, 5.74) is -0.908. The van der Waals surface area contributed by atoms with Crippen LogP contribution in [-0.4, -0.2) is 39.5 Å². The molecule has 1 heterocycles. The third-order valence-corrected chi connectivity index (χ3v) is 3.11. The fraction of sp³-hybridized carbons (Fsp3) is 0.364. The number of aromatic nitrogens is 1. The maximum atomic E-state index is 12.0. The van der Waals surface area contributed by atoms with Crippen molar-refractivity contribution >= 4 is 27.8 Å². The van der Waals surface area contributed by atoms with E-state index < -0.39 is 11.5 Å². The quantitative estimate of drug-likeness (QED) is 0.864. The maximum Gasteiger partial charge on any atom is 0.329 e. The van der Waals surface area contributed by atoms with Crippen molar-refractivity contribution in [2.75, 3.05) is 7.05 Å². The molecule has 5 nitrogen and oxygen atoms in total. The summed E-state index contributed by atoms with van der Waals surface area (Å²) in [5.74, 6) is -1.43. The van der Waals surface area contributed by atoms with Gasteiger partial charge in [-0.05, 0) is 41.9 Å². The first-order valence-electron chi connectivity index (χ1n) is 4.90. The minimum atomic E-state index is -1.26. The second-order valence-electron chi connectivity index (χ2n) is 4.10. The molecule has 92 valence electrons. The lowest BCUT2D eigenvalue weighted by Gasteiger charge is -2.31. The molecule has 0 fully saturated rings. The first-order valence-corrected chi connectivity index (χ1v) is 5.69. The van der Waals surface area contributed by atoms with Crippen LogP contribution in [0.15, 0.2) is 22.9 Å². The van der Waals surface area contributed by atoms with Crippen LogP contribution in [-0.2, 0) is 4.79 Å². The third-order valence-electron chi connectivity index (χ3n) is 2.64. The van der Waals surface area contributed by atoms with Gasteiger partial charge in [-0.2, -0.15) is 0 Å². The number of aliphatic carboxylic acids is 1. The second kappa shape index (κ2) is 4.83. The summed E-state index contributed by atoms with van der Waals surface area (Å²) in [5, 5.41) is 9.03. The highest BCUT2D eigenvalue weighted by Gasteiger charge is 2.35. The average Bonchev–Trinajstić information content (AvgIpc) is 2.27. The number of nitrogens with zero attached hydrogens (tertiary/aromatic N) is 2. The van der Waals surface area contributed by atoms with E-state index in [0.717, 1.165) is 0 Å². The minimum absolute atomic E-state index is 0.352. The smallest absolute Gasteiger partial charge is 0.329 e. The lowest BCUT2D eigenvalue weighted by Crippen LogP contribution is -2.50. The van der Waals surface area contributed by atoms with Crippen molar-refractivity contribution in [2.24, 2.45) is 0 Å². The standard InChI is InChI=1S/C11H13BrN2O3/c1-11(2,10(16)17)14(3)9(15)7-4-5-8(12)13-6-7/h4-6H,1-3H3,(H,16,17). The van der Waals surface area contributed by atoms with Crippen LogP contribution >= 0.6 is 15.9 Å². The molecule has 0 aromatic carbocycles. The third kappa shape index (κ3) is 2.82. The lowest BCUT2D eigenvalue weighted by atomic mass is 10.0. The molecule has 0 aliphatic carbocycles. The number of hydrogen-bond donors (Lipinski definition) is 1.